The molecule has 0 atom stereocenters. The molecule has 4 rings (SSSR count). The average molecular weight is 626 g/mol. The second-order valence-corrected chi connectivity index (χ2v) is 13.6. The SMILES string of the molecule is CC1(C)CC2(CC(C)(C)c3cc(Br)c(OS(=O)(=O)O)cc32)c2cc(OS(=O)(=O)O)c(Br)cc21. The summed E-state index contributed by atoms with van der Waals surface area (Å²) in [6, 6.07) is 6.81. The standard InChI is InChI=1S/C21H22Br2O8S2/c1-19(2)9-21(13-7-17(30-32(24,25)26)15(22)5-11(13)19)10-20(3,4)12-6-16(23)18(8-14(12)21)31-33(27,28)29/h5-8H,9-10H2,1-4H3,(H,24,25,26)(H,27,28,29). The molecule has 33 heavy (non-hydrogen) atoms. The lowest BCUT2D eigenvalue weighted by molar-refractivity contribution is 0.348. The molecule has 12 heteroatoms. The number of fused-ring (bicyclic) bond motifs is 4. The van der Waals surface area contributed by atoms with Crippen LogP contribution in [0.4, 0.5) is 0 Å². The summed E-state index contributed by atoms with van der Waals surface area (Å²) < 4.78 is 74.6. The minimum absolute atomic E-state index is 0.0499. The molecule has 2 aliphatic rings. The van der Waals surface area contributed by atoms with Gasteiger partial charge in [-0.05, 0) is 102 Å². The molecule has 0 saturated carbocycles. The van der Waals surface area contributed by atoms with Gasteiger partial charge in [-0.25, -0.2) is 0 Å². The molecule has 0 aliphatic heterocycles. The van der Waals surface area contributed by atoms with E-state index < -0.39 is 26.2 Å². The molecule has 0 amide bonds. The average Bonchev–Trinajstić information content (AvgIpc) is 2.93. The molecular formula is C21H22Br2O8S2. The van der Waals surface area contributed by atoms with Gasteiger partial charge in [0.25, 0.3) is 0 Å². The van der Waals surface area contributed by atoms with Crippen LogP contribution in [0.15, 0.2) is 33.2 Å². The summed E-state index contributed by atoms with van der Waals surface area (Å²) in [6.07, 6.45) is 1.31. The maximum absolute atomic E-state index is 11.4. The lowest BCUT2D eigenvalue weighted by Gasteiger charge is -2.30. The summed E-state index contributed by atoms with van der Waals surface area (Å²) in [5.74, 6) is -0.0998. The smallest absolute Gasteiger partial charge is 0.361 e. The summed E-state index contributed by atoms with van der Waals surface area (Å²) in [4.78, 5) is 0. The number of halogens is 2. The Kier molecular flexibility index (Phi) is 5.60. The molecule has 0 bridgehead atoms. The predicted octanol–water partition coefficient (Wildman–Crippen LogP) is 5.22. The van der Waals surface area contributed by atoms with E-state index in [1.807, 2.05) is 0 Å². The topological polar surface area (TPSA) is 127 Å². The van der Waals surface area contributed by atoms with E-state index in [9.17, 15) is 25.9 Å². The van der Waals surface area contributed by atoms with Crippen molar-refractivity contribution in [2.45, 2.75) is 56.8 Å². The summed E-state index contributed by atoms with van der Waals surface area (Å²) in [6.45, 7) is 8.32. The molecular weight excluding hydrogens is 604 g/mol. The van der Waals surface area contributed by atoms with Crippen LogP contribution < -0.4 is 8.37 Å². The van der Waals surface area contributed by atoms with Gasteiger partial charge in [0.2, 0.25) is 0 Å². The Hall–Kier alpha value is -1.18. The van der Waals surface area contributed by atoms with Crippen LogP contribution in [-0.2, 0) is 37.0 Å². The third-order valence-corrected chi connectivity index (χ3v) is 8.53. The monoisotopic (exact) mass is 624 g/mol. The van der Waals surface area contributed by atoms with Crippen molar-refractivity contribution in [1.29, 1.82) is 0 Å². The fraction of sp³-hybridized carbons (Fsp3) is 0.429. The van der Waals surface area contributed by atoms with E-state index in [0.29, 0.717) is 21.8 Å². The molecule has 2 N–H and O–H groups in total. The third kappa shape index (κ3) is 4.34. The van der Waals surface area contributed by atoms with Crippen molar-refractivity contribution in [1.82, 2.24) is 0 Å². The first kappa shape index (κ1) is 24.9. The van der Waals surface area contributed by atoms with E-state index >= 15 is 0 Å². The zero-order valence-electron chi connectivity index (χ0n) is 18.1. The normalized spacial score (nSPS) is 19.9. The Labute approximate surface area is 209 Å². The lowest BCUT2D eigenvalue weighted by Crippen LogP contribution is -2.27. The first-order valence-electron chi connectivity index (χ1n) is 9.87. The van der Waals surface area contributed by atoms with Gasteiger partial charge in [0, 0.05) is 5.41 Å². The van der Waals surface area contributed by atoms with E-state index in [-0.39, 0.29) is 22.3 Å². The van der Waals surface area contributed by atoms with Crippen LogP contribution in [0, 0.1) is 0 Å². The summed E-state index contributed by atoms with van der Waals surface area (Å²) in [5.41, 5.74) is 2.34. The largest absolute Gasteiger partial charge is 0.446 e. The van der Waals surface area contributed by atoms with Crippen LogP contribution >= 0.6 is 31.9 Å². The van der Waals surface area contributed by atoms with Crippen molar-refractivity contribution in [2.24, 2.45) is 0 Å². The molecule has 0 heterocycles. The molecule has 0 fully saturated rings. The van der Waals surface area contributed by atoms with Crippen molar-refractivity contribution < 1.29 is 34.3 Å². The van der Waals surface area contributed by atoms with Crippen molar-refractivity contribution in [3.63, 3.8) is 0 Å². The van der Waals surface area contributed by atoms with Gasteiger partial charge in [0.15, 0.2) is 11.5 Å². The first-order valence-corrected chi connectivity index (χ1v) is 14.2. The van der Waals surface area contributed by atoms with Gasteiger partial charge in [0.05, 0.1) is 8.95 Å². The highest BCUT2D eigenvalue weighted by atomic mass is 79.9. The predicted molar refractivity (Wildman–Crippen MR) is 129 cm³/mol. The van der Waals surface area contributed by atoms with E-state index in [1.54, 1.807) is 24.3 Å². The summed E-state index contributed by atoms with van der Waals surface area (Å²) >= 11 is 6.68. The van der Waals surface area contributed by atoms with Gasteiger partial charge < -0.3 is 8.37 Å². The van der Waals surface area contributed by atoms with E-state index in [2.05, 4.69) is 59.6 Å². The molecule has 0 radical (unpaired) electrons. The zero-order chi connectivity index (χ0) is 24.8. The fourth-order valence-electron chi connectivity index (χ4n) is 5.66. The van der Waals surface area contributed by atoms with Crippen molar-refractivity contribution in [3.8, 4) is 11.5 Å². The van der Waals surface area contributed by atoms with Gasteiger partial charge in [-0.3, -0.25) is 9.11 Å². The van der Waals surface area contributed by atoms with Gasteiger partial charge >= 0.3 is 20.8 Å². The Morgan fingerprint density at radius 3 is 1.33 bits per heavy atom. The quantitative estimate of drug-likeness (QED) is 0.443. The highest BCUT2D eigenvalue weighted by Crippen LogP contribution is 2.64. The van der Waals surface area contributed by atoms with Gasteiger partial charge in [-0.2, -0.15) is 16.8 Å². The number of hydrogen-bond donors (Lipinski definition) is 2. The summed E-state index contributed by atoms with van der Waals surface area (Å²) in [7, 11) is -9.50. The maximum atomic E-state index is 11.4. The minimum atomic E-state index is -4.75. The molecule has 2 aromatic carbocycles. The Morgan fingerprint density at radius 1 is 0.697 bits per heavy atom. The number of benzene rings is 2. The maximum Gasteiger partial charge on any atom is 0.446 e. The fourth-order valence-corrected chi connectivity index (χ4v) is 7.45. The second kappa shape index (κ2) is 7.41. The van der Waals surface area contributed by atoms with Crippen LogP contribution in [-0.4, -0.2) is 25.9 Å². The zero-order valence-corrected chi connectivity index (χ0v) is 22.9. The van der Waals surface area contributed by atoms with Gasteiger partial charge in [0.1, 0.15) is 0 Å². The number of hydrogen-bond acceptors (Lipinski definition) is 6. The lowest BCUT2D eigenvalue weighted by atomic mass is 9.72. The minimum Gasteiger partial charge on any atom is -0.361 e. The van der Waals surface area contributed by atoms with E-state index in [4.69, 9.17) is 8.37 Å². The van der Waals surface area contributed by atoms with Crippen LogP contribution in [0.25, 0.3) is 0 Å². The Balaban J connectivity index is 2.02. The molecule has 2 aliphatic carbocycles. The molecule has 8 nitrogen and oxygen atoms in total. The van der Waals surface area contributed by atoms with Crippen molar-refractivity contribution in [3.05, 3.63) is 55.5 Å². The van der Waals surface area contributed by atoms with Crippen LogP contribution in [0.3, 0.4) is 0 Å². The van der Waals surface area contributed by atoms with E-state index in [0.717, 1.165) is 22.3 Å². The molecule has 0 unspecified atom stereocenters. The number of rotatable bonds is 4. The molecule has 1 spiro atoms. The highest BCUT2D eigenvalue weighted by molar-refractivity contribution is 9.11. The second-order valence-electron chi connectivity index (χ2n) is 9.88. The Morgan fingerprint density at radius 2 is 1.03 bits per heavy atom. The van der Waals surface area contributed by atoms with Crippen molar-refractivity contribution >= 4 is 52.7 Å². The van der Waals surface area contributed by atoms with Gasteiger partial charge in [-0.15, -0.1) is 0 Å². The van der Waals surface area contributed by atoms with Crippen LogP contribution in [0.1, 0.15) is 62.8 Å². The van der Waals surface area contributed by atoms with Crippen LogP contribution in [0.2, 0.25) is 0 Å². The van der Waals surface area contributed by atoms with Gasteiger partial charge in [-0.1, -0.05) is 27.7 Å². The highest BCUT2D eigenvalue weighted by Gasteiger charge is 2.57. The third-order valence-electron chi connectivity index (χ3n) is 6.51. The van der Waals surface area contributed by atoms with Crippen molar-refractivity contribution in [2.75, 3.05) is 0 Å². The molecule has 0 aromatic heterocycles. The van der Waals surface area contributed by atoms with Crippen LogP contribution in [0.5, 0.6) is 11.5 Å². The Bertz CT molecular complexity index is 1290. The molecule has 180 valence electrons. The summed E-state index contributed by atoms with van der Waals surface area (Å²) in [5, 5.41) is 0. The molecule has 2 aromatic rings. The molecule has 0 saturated heterocycles. The first-order chi connectivity index (χ1) is 14.8. The van der Waals surface area contributed by atoms with E-state index in [1.165, 1.54) is 0 Å².